The van der Waals surface area contributed by atoms with Gasteiger partial charge in [-0.15, -0.1) is 0 Å². The van der Waals surface area contributed by atoms with Crippen LogP contribution < -0.4 is 5.32 Å². The predicted octanol–water partition coefficient (Wildman–Crippen LogP) is 1.96. The Kier molecular flexibility index (Phi) is 3.75. The lowest BCUT2D eigenvalue weighted by atomic mass is 10.1. The zero-order valence-electron chi connectivity index (χ0n) is 10.2. The summed E-state index contributed by atoms with van der Waals surface area (Å²) in [5, 5.41) is 3.65. The van der Waals surface area contributed by atoms with E-state index in [-0.39, 0.29) is 0 Å². The van der Waals surface area contributed by atoms with E-state index in [4.69, 9.17) is 0 Å². The average molecular weight is 240 g/mol. The van der Waals surface area contributed by atoms with Crippen molar-refractivity contribution in [1.82, 2.24) is 10.2 Å². The van der Waals surface area contributed by atoms with Gasteiger partial charge in [0, 0.05) is 25.2 Å². The summed E-state index contributed by atoms with van der Waals surface area (Å²) in [7, 11) is 0. The molecule has 0 radical (unpaired) electrons. The predicted molar refractivity (Wildman–Crippen MR) is 71.1 cm³/mol. The maximum Gasteiger partial charge on any atom is 0.0195 e. The van der Waals surface area contributed by atoms with Gasteiger partial charge in [0.05, 0.1) is 0 Å². The minimum absolute atomic E-state index is 0.801. The summed E-state index contributed by atoms with van der Waals surface area (Å²) in [5.74, 6) is 3.82. The molecule has 2 nitrogen and oxygen atoms in total. The van der Waals surface area contributed by atoms with Crippen molar-refractivity contribution < 1.29 is 0 Å². The zero-order chi connectivity index (χ0) is 10.8. The first-order valence-corrected chi connectivity index (χ1v) is 8.12. The average Bonchev–Trinajstić information content (AvgIpc) is 2.79. The van der Waals surface area contributed by atoms with Crippen molar-refractivity contribution >= 4 is 11.8 Å². The second kappa shape index (κ2) is 5.28. The van der Waals surface area contributed by atoms with E-state index in [0.717, 1.165) is 18.0 Å². The van der Waals surface area contributed by atoms with Crippen LogP contribution in [0.1, 0.15) is 32.1 Å². The molecule has 0 aromatic heterocycles. The topological polar surface area (TPSA) is 15.3 Å². The maximum atomic E-state index is 3.65. The normalized spacial score (nSPS) is 35.1. The number of hydrogen-bond donors (Lipinski definition) is 1. The molecular weight excluding hydrogens is 216 g/mol. The molecular formula is C13H24N2S. The van der Waals surface area contributed by atoms with Crippen molar-refractivity contribution in [3.63, 3.8) is 0 Å². The molecule has 0 bridgehead atoms. The second-order valence-electron chi connectivity index (χ2n) is 5.71. The van der Waals surface area contributed by atoms with Gasteiger partial charge in [-0.25, -0.2) is 0 Å². The Balaban J connectivity index is 1.49. The third-order valence-electron chi connectivity index (χ3n) is 4.20. The molecule has 0 aromatic rings. The van der Waals surface area contributed by atoms with Crippen LogP contribution in [-0.4, -0.2) is 48.1 Å². The minimum atomic E-state index is 0.801. The summed E-state index contributed by atoms with van der Waals surface area (Å²) in [6.45, 7) is 3.96. The van der Waals surface area contributed by atoms with Crippen LogP contribution in [0.4, 0.5) is 0 Å². The largest absolute Gasteiger partial charge is 0.313 e. The molecule has 2 heterocycles. The highest BCUT2D eigenvalue weighted by atomic mass is 32.2. The summed E-state index contributed by atoms with van der Waals surface area (Å²) in [4.78, 5) is 2.81. The lowest BCUT2D eigenvalue weighted by Crippen LogP contribution is -2.41. The van der Waals surface area contributed by atoms with Crippen LogP contribution in [0.2, 0.25) is 0 Å². The smallest absolute Gasteiger partial charge is 0.0195 e. The SMILES string of the molecule is C1CNC(CN(CC2CCSC2)C2CC2)C1. The lowest BCUT2D eigenvalue weighted by molar-refractivity contribution is 0.211. The van der Waals surface area contributed by atoms with Crippen molar-refractivity contribution in [2.45, 2.75) is 44.2 Å². The van der Waals surface area contributed by atoms with Crippen molar-refractivity contribution in [2.24, 2.45) is 5.92 Å². The van der Waals surface area contributed by atoms with E-state index in [9.17, 15) is 0 Å². The Labute approximate surface area is 104 Å². The minimum Gasteiger partial charge on any atom is -0.313 e. The summed E-state index contributed by atoms with van der Waals surface area (Å²) < 4.78 is 0. The molecule has 0 aromatic carbocycles. The third-order valence-corrected chi connectivity index (χ3v) is 5.43. The fourth-order valence-corrected chi connectivity index (χ4v) is 4.34. The van der Waals surface area contributed by atoms with Crippen LogP contribution in [0.25, 0.3) is 0 Å². The van der Waals surface area contributed by atoms with E-state index in [1.54, 1.807) is 0 Å². The zero-order valence-corrected chi connectivity index (χ0v) is 11.0. The van der Waals surface area contributed by atoms with Gasteiger partial charge in [0.1, 0.15) is 0 Å². The molecule has 0 amide bonds. The summed E-state index contributed by atoms with van der Waals surface area (Å²) in [6, 6.07) is 1.75. The fraction of sp³-hybridized carbons (Fsp3) is 1.00. The molecule has 1 N–H and O–H groups in total. The Morgan fingerprint density at radius 2 is 2.06 bits per heavy atom. The van der Waals surface area contributed by atoms with Gasteiger partial charge in [-0.1, -0.05) is 0 Å². The van der Waals surface area contributed by atoms with Gasteiger partial charge in [-0.05, 0) is 56.1 Å². The van der Waals surface area contributed by atoms with Gasteiger partial charge in [0.2, 0.25) is 0 Å². The van der Waals surface area contributed by atoms with E-state index >= 15 is 0 Å². The molecule has 1 saturated carbocycles. The Morgan fingerprint density at radius 3 is 2.69 bits per heavy atom. The molecule has 3 heteroatoms. The number of hydrogen-bond acceptors (Lipinski definition) is 3. The Hall–Kier alpha value is 0.270. The molecule has 3 aliphatic rings. The fourth-order valence-electron chi connectivity index (χ4n) is 3.07. The standard InChI is InChI=1S/C13H24N2S/c1-2-12(14-6-1)9-15(13-3-4-13)8-11-5-7-16-10-11/h11-14H,1-10H2. The molecule has 2 atom stereocenters. The summed E-state index contributed by atoms with van der Waals surface area (Å²) in [6.07, 6.45) is 7.19. The molecule has 2 saturated heterocycles. The van der Waals surface area contributed by atoms with Crippen LogP contribution in [-0.2, 0) is 0 Å². The van der Waals surface area contributed by atoms with Gasteiger partial charge in [0.25, 0.3) is 0 Å². The first kappa shape index (κ1) is 11.4. The molecule has 0 spiro atoms. The number of thioether (sulfide) groups is 1. The molecule has 16 heavy (non-hydrogen) atoms. The molecule has 2 unspecified atom stereocenters. The monoisotopic (exact) mass is 240 g/mol. The van der Waals surface area contributed by atoms with Gasteiger partial charge < -0.3 is 5.32 Å². The van der Waals surface area contributed by atoms with Gasteiger partial charge in [0.15, 0.2) is 0 Å². The highest BCUT2D eigenvalue weighted by Gasteiger charge is 2.33. The Morgan fingerprint density at radius 1 is 1.12 bits per heavy atom. The molecule has 3 fully saturated rings. The van der Waals surface area contributed by atoms with E-state index < -0.39 is 0 Å². The quantitative estimate of drug-likeness (QED) is 0.791. The van der Waals surface area contributed by atoms with Crippen LogP contribution in [0.3, 0.4) is 0 Å². The second-order valence-corrected chi connectivity index (χ2v) is 6.86. The number of nitrogens with zero attached hydrogens (tertiary/aromatic N) is 1. The van der Waals surface area contributed by atoms with Crippen molar-refractivity contribution in [3.05, 3.63) is 0 Å². The Bertz CT molecular complexity index is 200. The maximum absolute atomic E-state index is 3.65. The molecule has 2 aliphatic heterocycles. The highest BCUT2D eigenvalue weighted by molar-refractivity contribution is 7.99. The lowest BCUT2D eigenvalue weighted by Gasteiger charge is -2.28. The van der Waals surface area contributed by atoms with Crippen LogP contribution in [0.5, 0.6) is 0 Å². The van der Waals surface area contributed by atoms with E-state index in [1.165, 1.54) is 63.2 Å². The van der Waals surface area contributed by atoms with Gasteiger partial charge in [-0.3, -0.25) is 4.90 Å². The number of rotatable bonds is 5. The van der Waals surface area contributed by atoms with Crippen molar-refractivity contribution in [2.75, 3.05) is 31.1 Å². The van der Waals surface area contributed by atoms with Crippen molar-refractivity contribution in [3.8, 4) is 0 Å². The first-order chi connectivity index (χ1) is 7.92. The van der Waals surface area contributed by atoms with E-state index in [2.05, 4.69) is 22.0 Å². The van der Waals surface area contributed by atoms with Crippen LogP contribution >= 0.6 is 11.8 Å². The van der Waals surface area contributed by atoms with Crippen LogP contribution in [0.15, 0.2) is 0 Å². The number of nitrogens with one attached hydrogen (secondary N) is 1. The first-order valence-electron chi connectivity index (χ1n) is 6.97. The van der Waals surface area contributed by atoms with E-state index in [0.29, 0.717) is 0 Å². The molecule has 1 aliphatic carbocycles. The molecule has 3 rings (SSSR count). The van der Waals surface area contributed by atoms with Gasteiger partial charge >= 0.3 is 0 Å². The molecule has 92 valence electrons. The van der Waals surface area contributed by atoms with Gasteiger partial charge in [-0.2, -0.15) is 11.8 Å². The third kappa shape index (κ3) is 2.93. The summed E-state index contributed by atoms with van der Waals surface area (Å²) in [5.41, 5.74) is 0. The highest BCUT2D eigenvalue weighted by Crippen LogP contribution is 2.31. The van der Waals surface area contributed by atoms with Crippen LogP contribution in [0, 0.1) is 5.92 Å². The van der Waals surface area contributed by atoms with Crippen molar-refractivity contribution in [1.29, 1.82) is 0 Å². The van der Waals surface area contributed by atoms with E-state index in [1.807, 2.05) is 0 Å². The summed E-state index contributed by atoms with van der Waals surface area (Å²) >= 11 is 2.16.